The highest BCUT2D eigenvalue weighted by molar-refractivity contribution is 14.1. The summed E-state index contributed by atoms with van der Waals surface area (Å²) in [5.41, 5.74) is -0.635. The molecule has 36 heavy (non-hydrogen) atoms. The van der Waals surface area contributed by atoms with Gasteiger partial charge in [-0.3, -0.25) is 9.59 Å². The zero-order chi connectivity index (χ0) is 27.2. The first kappa shape index (κ1) is 29.2. The summed E-state index contributed by atoms with van der Waals surface area (Å²) in [6.45, 7) is 0.637. The lowest BCUT2D eigenvalue weighted by Gasteiger charge is -2.39. The summed E-state index contributed by atoms with van der Waals surface area (Å²) in [4.78, 5) is 34.6. The number of hydrogen-bond acceptors (Lipinski definition) is 5. The number of amides is 2. The minimum Gasteiger partial charge on any atom is -0.475 e. The number of nitrogens with zero attached hydrogens (tertiary/aromatic N) is 1. The number of carbonyl (C=O) groups is 3. The Kier molecular flexibility index (Phi) is 9.92. The number of carboxylic acids is 1. The van der Waals surface area contributed by atoms with Crippen molar-refractivity contribution >= 4 is 51.7 Å². The second kappa shape index (κ2) is 12.2. The summed E-state index contributed by atoms with van der Waals surface area (Å²) in [6.07, 6.45) is -5.08. The maximum atomic E-state index is 14.4. The first-order valence-electron chi connectivity index (χ1n) is 9.98. The van der Waals surface area contributed by atoms with Crippen molar-refractivity contribution in [3.8, 4) is 0 Å². The third-order valence-electron chi connectivity index (χ3n) is 4.63. The number of nitrogens with one attached hydrogen (secondary N) is 3. The number of likely N-dealkylation sites (tertiary alicyclic amines) is 1. The molecule has 0 aliphatic carbocycles. The predicted molar refractivity (Wildman–Crippen MR) is 124 cm³/mol. The van der Waals surface area contributed by atoms with Crippen molar-refractivity contribution < 1.29 is 45.8 Å². The third-order valence-corrected chi connectivity index (χ3v) is 5.30. The highest BCUT2D eigenvalue weighted by Gasteiger charge is 2.38. The van der Waals surface area contributed by atoms with Gasteiger partial charge in [-0.05, 0) is 60.0 Å². The highest BCUT2D eigenvalue weighted by Crippen LogP contribution is 2.30. The van der Waals surface area contributed by atoms with E-state index < -0.39 is 41.2 Å². The fraction of sp³-hybridized carbons (Fsp3) is 0.286. The van der Waals surface area contributed by atoms with E-state index in [2.05, 4.69) is 16.0 Å². The van der Waals surface area contributed by atoms with Crippen LogP contribution in [0.4, 0.5) is 37.7 Å². The van der Waals surface area contributed by atoms with Gasteiger partial charge in [0, 0.05) is 16.7 Å². The number of hydrogen-bond donors (Lipinski definition) is 4. The lowest BCUT2D eigenvalue weighted by Crippen LogP contribution is -2.61. The van der Waals surface area contributed by atoms with E-state index in [4.69, 9.17) is 9.90 Å². The van der Waals surface area contributed by atoms with Crippen LogP contribution in [0.5, 0.6) is 0 Å². The summed E-state index contributed by atoms with van der Waals surface area (Å²) in [5, 5.41) is 15.1. The molecule has 0 aromatic heterocycles. The second-order valence-electron chi connectivity index (χ2n) is 7.34. The molecule has 2 amide bonds. The fourth-order valence-electron chi connectivity index (χ4n) is 2.92. The molecule has 0 atom stereocenters. The molecule has 0 spiro atoms. The number of likely N-dealkylation sites (N-methyl/N-ethyl adjacent to an activating group) is 1. The van der Waals surface area contributed by atoms with Crippen molar-refractivity contribution in [3.63, 3.8) is 0 Å². The molecule has 4 N–H and O–H groups in total. The Labute approximate surface area is 214 Å². The Bertz CT molecular complexity index is 1140. The van der Waals surface area contributed by atoms with Crippen molar-refractivity contribution in [2.75, 3.05) is 32.0 Å². The first-order valence-corrected chi connectivity index (χ1v) is 11.1. The van der Waals surface area contributed by atoms with Gasteiger partial charge >= 0.3 is 12.1 Å². The molecular formula is C21H19F6IN4O4. The topological polar surface area (TPSA) is 111 Å². The molecule has 0 radical (unpaired) electrons. The average Bonchev–Trinajstić information content (AvgIpc) is 2.75. The molecule has 1 aliphatic rings. The molecular weight excluding hydrogens is 613 g/mol. The smallest absolute Gasteiger partial charge is 0.475 e. The SMILES string of the molecule is CNCC(=O)NC1CN(C(=O)c2ccc(F)c(F)c2Nc2ccc(I)cc2F)C1.O=C(O)C(F)(F)F. The van der Waals surface area contributed by atoms with Crippen LogP contribution in [-0.4, -0.2) is 66.7 Å². The number of alkyl halides is 3. The summed E-state index contributed by atoms with van der Waals surface area (Å²) in [7, 11) is 1.64. The number of halogens is 7. The monoisotopic (exact) mass is 632 g/mol. The molecule has 1 heterocycles. The standard InChI is InChI=1S/C19H18F3IN4O2.C2HF3O2/c1-24-7-16(28)25-11-8-27(9-11)19(29)12-3-4-13(20)17(22)18(12)26-15-5-2-10(23)6-14(15)21;3-2(4,5)1(6)7/h2-6,11,24,26H,7-9H2,1H3,(H,25,28);(H,6,7). The molecule has 0 saturated carbocycles. The van der Waals surface area contributed by atoms with E-state index in [1.807, 2.05) is 22.6 Å². The van der Waals surface area contributed by atoms with Crippen molar-refractivity contribution in [2.24, 2.45) is 0 Å². The number of anilines is 2. The van der Waals surface area contributed by atoms with Gasteiger partial charge in [-0.15, -0.1) is 0 Å². The molecule has 2 aromatic rings. The summed E-state index contributed by atoms with van der Waals surface area (Å²) >= 11 is 1.92. The molecule has 3 rings (SSSR count). The van der Waals surface area contributed by atoms with Crippen LogP contribution in [0, 0.1) is 21.0 Å². The van der Waals surface area contributed by atoms with Crippen LogP contribution in [0.3, 0.4) is 0 Å². The minimum absolute atomic E-state index is 0.0789. The van der Waals surface area contributed by atoms with E-state index in [1.54, 1.807) is 13.1 Å². The van der Waals surface area contributed by atoms with Crippen LogP contribution in [0.25, 0.3) is 0 Å². The molecule has 0 unspecified atom stereocenters. The molecule has 196 valence electrons. The Morgan fingerprint density at radius 2 is 1.69 bits per heavy atom. The summed E-state index contributed by atoms with van der Waals surface area (Å²) in [5.74, 6) is -6.59. The van der Waals surface area contributed by atoms with Crippen molar-refractivity contribution in [1.29, 1.82) is 0 Å². The van der Waals surface area contributed by atoms with Gasteiger partial charge in [0.05, 0.1) is 29.5 Å². The van der Waals surface area contributed by atoms with E-state index in [-0.39, 0.29) is 42.8 Å². The van der Waals surface area contributed by atoms with Gasteiger partial charge in [0.15, 0.2) is 11.6 Å². The lowest BCUT2D eigenvalue weighted by molar-refractivity contribution is -0.192. The van der Waals surface area contributed by atoms with Gasteiger partial charge in [0.1, 0.15) is 5.82 Å². The molecule has 1 fully saturated rings. The maximum absolute atomic E-state index is 14.4. The Balaban J connectivity index is 0.000000572. The van der Waals surface area contributed by atoms with Crippen LogP contribution in [0.15, 0.2) is 30.3 Å². The Hall–Kier alpha value is -3.08. The number of benzene rings is 2. The molecule has 2 aromatic carbocycles. The molecule has 1 aliphatic heterocycles. The van der Waals surface area contributed by atoms with Gasteiger partial charge < -0.3 is 26.0 Å². The highest BCUT2D eigenvalue weighted by atomic mass is 127. The van der Waals surface area contributed by atoms with Crippen LogP contribution in [0.2, 0.25) is 0 Å². The fourth-order valence-corrected chi connectivity index (χ4v) is 3.38. The van der Waals surface area contributed by atoms with E-state index in [0.29, 0.717) is 3.57 Å². The van der Waals surface area contributed by atoms with Crippen molar-refractivity contribution in [1.82, 2.24) is 15.5 Å². The Morgan fingerprint density at radius 3 is 2.22 bits per heavy atom. The van der Waals surface area contributed by atoms with Crippen LogP contribution in [0.1, 0.15) is 10.4 Å². The third kappa shape index (κ3) is 7.71. The van der Waals surface area contributed by atoms with Gasteiger partial charge in [-0.25, -0.2) is 18.0 Å². The van der Waals surface area contributed by atoms with E-state index in [1.165, 1.54) is 17.0 Å². The zero-order valence-electron chi connectivity index (χ0n) is 18.4. The van der Waals surface area contributed by atoms with E-state index >= 15 is 0 Å². The summed E-state index contributed by atoms with van der Waals surface area (Å²) in [6, 6.07) is 6.00. The zero-order valence-corrected chi connectivity index (χ0v) is 20.5. The number of carboxylic acid groups (broad SMARTS) is 1. The van der Waals surface area contributed by atoms with Crippen LogP contribution in [-0.2, 0) is 9.59 Å². The van der Waals surface area contributed by atoms with Gasteiger partial charge in [0.25, 0.3) is 5.91 Å². The summed E-state index contributed by atoms with van der Waals surface area (Å²) < 4.78 is 74.7. The average molecular weight is 632 g/mol. The van der Waals surface area contributed by atoms with Crippen LogP contribution < -0.4 is 16.0 Å². The largest absolute Gasteiger partial charge is 0.490 e. The van der Waals surface area contributed by atoms with Crippen LogP contribution >= 0.6 is 22.6 Å². The molecule has 15 heteroatoms. The van der Waals surface area contributed by atoms with Gasteiger partial charge in [-0.1, -0.05) is 0 Å². The van der Waals surface area contributed by atoms with Crippen molar-refractivity contribution in [2.45, 2.75) is 12.2 Å². The number of rotatable bonds is 6. The Morgan fingerprint density at radius 1 is 1.08 bits per heavy atom. The molecule has 0 bridgehead atoms. The predicted octanol–water partition coefficient (Wildman–Crippen LogP) is 3.25. The maximum Gasteiger partial charge on any atom is 0.490 e. The molecule has 8 nitrogen and oxygen atoms in total. The first-order chi connectivity index (χ1) is 16.7. The van der Waals surface area contributed by atoms with E-state index in [0.717, 1.165) is 12.1 Å². The van der Waals surface area contributed by atoms with Gasteiger partial charge in [0.2, 0.25) is 5.91 Å². The lowest BCUT2D eigenvalue weighted by atomic mass is 10.0. The molecule has 1 saturated heterocycles. The number of carbonyl (C=O) groups excluding carboxylic acids is 2. The van der Waals surface area contributed by atoms with Gasteiger partial charge in [-0.2, -0.15) is 13.2 Å². The minimum atomic E-state index is -5.08. The van der Waals surface area contributed by atoms with E-state index in [9.17, 15) is 35.9 Å². The normalized spacial score (nSPS) is 13.3. The van der Waals surface area contributed by atoms with Crippen molar-refractivity contribution in [3.05, 3.63) is 56.9 Å². The quantitative estimate of drug-likeness (QED) is 0.288. The number of aliphatic carboxylic acids is 1. The second-order valence-corrected chi connectivity index (χ2v) is 8.59.